The molecule has 106 valence electrons. The number of aromatic amines is 1. The van der Waals surface area contributed by atoms with Gasteiger partial charge in [-0.2, -0.15) is 0 Å². The highest BCUT2D eigenvalue weighted by Gasteiger charge is 2.26. The van der Waals surface area contributed by atoms with E-state index in [2.05, 4.69) is 33.8 Å². The maximum absolute atomic E-state index is 12.1. The Bertz CT molecular complexity index is 850. The predicted octanol–water partition coefficient (Wildman–Crippen LogP) is 2.80. The second kappa shape index (κ2) is 4.22. The zero-order chi connectivity index (χ0) is 14.6. The molecule has 4 rings (SSSR count). The third-order valence-corrected chi connectivity index (χ3v) is 4.15. The molecule has 1 N–H and O–H groups in total. The van der Waals surface area contributed by atoms with Gasteiger partial charge in [-0.25, -0.2) is 4.98 Å². The molecule has 5 heteroatoms. The van der Waals surface area contributed by atoms with E-state index >= 15 is 0 Å². The summed E-state index contributed by atoms with van der Waals surface area (Å²) in [7, 11) is 0. The molecule has 0 atom stereocenters. The Balaban J connectivity index is 2.01. The summed E-state index contributed by atoms with van der Waals surface area (Å²) in [6.07, 6.45) is 2.96. The van der Waals surface area contributed by atoms with Gasteiger partial charge >= 0.3 is 0 Å². The first-order valence-electron chi connectivity index (χ1n) is 7.16. The zero-order valence-electron chi connectivity index (χ0n) is 12.1. The van der Waals surface area contributed by atoms with Gasteiger partial charge < -0.3 is 0 Å². The van der Waals surface area contributed by atoms with Crippen LogP contribution < -0.4 is 0 Å². The van der Waals surface area contributed by atoms with Crippen molar-refractivity contribution in [3.63, 3.8) is 0 Å². The summed E-state index contributed by atoms with van der Waals surface area (Å²) in [4.78, 5) is 16.5. The molecule has 2 aromatic heterocycles. The number of ketones is 1. The Labute approximate surface area is 122 Å². The molecule has 0 spiro atoms. The van der Waals surface area contributed by atoms with Crippen molar-refractivity contribution in [2.75, 3.05) is 0 Å². The smallest absolute Gasteiger partial charge is 0.182 e. The van der Waals surface area contributed by atoms with E-state index in [1.807, 2.05) is 23.6 Å². The topological polar surface area (TPSA) is 55.6 Å². The first-order valence-corrected chi connectivity index (χ1v) is 7.16. The average molecular weight is 280 g/mol. The Morgan fingerprint density at radius 1 is 1.29 bits per heavy atom. The normalized spacial score (nSPS) is 12.5. The quantitative estimate of drug-likeness (QED) is 0.574. The molecule has 0 aliphatic carbocycles. The predicted molar refractivity (Wildman–Crippen MR) is 79.4 cm³/mol. The fourth-order valence-corrected chi connectivity index (χ4v) is 3.00. The van der Waals surface area contributed by atoms with Crippen molar-refractivity contribution in [2.45, 2.75) is 26.7 Å². The number of rotatable bonds is 2. The van der Waals surface area contributed by atoms with Crippen LogP contribution in [0.4, 0.5) is 0 Å². The highest BCUT2D eigenvalue weighted by molar-refractivity contribution is 5.95. The van der Waals surface area contributed by atoms with Crippen LogP contribution in [0.15, 0.2) is 30.6 Å². The van der Waals surface area contributed by atoms with Gasteiger partial charge in [0.1, 0.15) is 12.0 Å². The molecule has 0 saturated carbocycles. The summed E-state index contributed by atoms with van der Waals surface area (Å²) in [6.45, 7) is 3.93. The number of imidazole rings is 1. The van der Waals surface area contributed by atoms with Crippen LogP contribution in [-0.2, 0) is 6.42 Å². The van der Waals surface area contributed by atoms with Gasteiger partial charge in [-0.15, -0.1) is 0 Å². The van der Waals surface area contributed by atoms with Crippen molar-refractivity contribution in [3.05, 3.63) is 53.4 Å². The first-order chi connectivity index (χ1) is 10.2. The van der Waals surface area contributed by atoms with Crippen LogP contribution in [-0.4, -0.2) is 25.1 Å². The maximum Gasteiger partial charge on any atom is 0.182 e. The van der Waals surface area contributed by atoms with Gasteiger partial charge in [-0.05, 0) is 19.1 Å². The van der Waals surface area contributed by atoms with Gasteiger partial charge in [0, 0.05) is 12.8 Å². The molecule has 21 heavy (non-hydrogen) atoms. The van der Waals surface area contributed by atoms with E-state index in [1.54, 1.807) is 6.33 Å². The highest BCUT2D eigenvalue weighted by atomic mass is 16.1. The molecule has 0 saturated heterocycles. The van der Waals surface area contributed by atoms with Gasteiger partial charge in [0.15, 0.2) is 5.78 Å². The summed E-state index contributed by atoms with van der Waals surface area (Å²) in [5.74, 6) is 0.0974. The number of fused-ring (bicyclic) bond motifs is 5. The molecule has 1 aromatic carbocycles. The molecule has 0 bridgehead atoms. The van der Waals surface area contributed by atoms with Gasteiger partial charge in [0.05, 0.1) is 28.5 Å². The van der Waals surface area contributed by atoms with Crippen LogP contribution in [0.25, 0.3) is 11.4 Å². The van der Waals surface area contributed by atoms with Crippen LogP contribution in [0, 0.1) is 6.92 Å². The third kappa shape index (κ3) is 1.57. The standard InChI is InChI=1S/C16H16N4O/c1-3-15(21)16-14-8-13-10(2)18-20(13)12-7-5-4-6-11(12)19(14)9-17-16/h4-7,9,18H,3,8H2,1-2H3. The minimum atomic E-state index is 0.0974. The molecule has 3 aromatic rings. The largest absolute Gasteiger partial charge is 0.300 e. The van der Waals surface area contributed by atoms with Crippen LogP contribution >= 0.6 is 0 Å². The number of carbonyl (C=O) groups excluding carboxylic acids is 1. The fourth-order valence-electron chi connectivity index (χ4n) is 3.00. The summed E-state index contributed by atoms with van der Waals surface area (Å²) >= 11 is 0. The van der Waals surface area contributed by atoms with Crippen molar-refractivity contribution in [3.8, 4) is 11.4 Å². The number of aromatic nitrogens is 4. The van der Waals surface area contributed by atoms with Gasteiger partial charge in [-0.1, -0.05) is 19.1 Å². The average Bonchev–Trinajstić information content (AvgIpc) is 2.88. The van der Waals surface area contributed by atoms with Gasteiger partial charge in [0.2, 0.25) is 0 Å². The van der Waals surface area contributed by atoms with Crippen LogP contribution in [0.2, 0.25) is 0 Å². The number of aryl methyl sites for hydroxylation is 1. The minimum Gasteiger partial charge on any atom is -0.300 e. The minimum absolute atomic E-state index is 0.0974. The Kier molecular flexibility index (Phi) is 2.45. The molecule has 1 aliphatic heterocycles. The molecule has 5 nitrogen and oxygen atoms in total. The van der Waals surface area contributed by atoms with Crippen molar-refractivity contribution >= 4 is 5.78 Å². The van der Waals surface area contributed by atoms with Gasteiger partial charge in [0.25, 0.3) is 0 Å². The van der Waals surface area contributed by atoms with E-state index in [-0.39, 0.29) is 5.78 Å². The number of carbonyl (C=O) groups is 1. The number of Topliss-reactive ketones (excluding diaryl/α,β-unsaturated/α-hetero) is 1. The van der Waals surface area contributed by atoms with E-state index in [9.17, 15) is 4.79 Å². The molecule has 0 fully saturated rings. The van der Waals surface area contributed by atoms with Gasteiger partial charge in [-0.3, -0.25) is 19.1 Å². The molecule has 3 heterocycles. The number of hydrogen-bond acceptors (Lipinski definition) is 2. The number of benzene rings is 1. The highest BCUT2D eigenvalue weighted by Crippen LogP contribution is 2.31. The monoisotopic (exact) mass is 280 g/mol. The lowest BCUT2D eigenvalue weighted by molar-refractivity contribution is 0.0983. The Hall–Kier alpha value is -2.56. The van der Waals surface area contributed by atoms with Crippen molar-refractivity contribution in [1.82, 2.24) is 19.3 Å². The first kappa shape index (κ1) is 12.2. The van der Waals surface area contributed by atoms with E-state index < -0.39 is 0 Å². The van der Waals surface area contributed by atoms with E-state index in [0.717, 1.165) is 22.8 Å². The SMILES string of the molecule is CCC(=O)c1ncn2c1Cc1c(C)[nH]n1-c1ccccc1-2. The molecular formula is C16H16N4O. The summed E-state index contributed by atoms with van der Waals surface area (Å²) in [5.41, 5.74) is 6.06. The number of H-pyrrole nitrogens is 1. The lowest BCUT2D eigenvalue weighted by Crippen LogP contribution is -2.17. The Morgan fingerprint density at radius 2 is 2.05 bits per heavy atom. The molecule has 0 unspecified atom stereocenters. The van der Waals surface area contributed by atoms with Crippen molar-refractivity contribution < 1.29 is 4.79 Å². The lowest BCUT2D eigenvalue weighted by Gasteiger charge is -2.20. The second-order valence-corrected chi connectivity index (χ2v) is 5.37. The lowest BCUT2D eigenvalue weighted by atomic mass is 10.1. The molecule has 0 amide bonds. The number of hydrogen-bond donors (Lipinski definition) is 1. The van der Waals surface area contributed by atoms with E-state index in [4.69, 9.17) is 0 Å². The molecule has 1 aliphatic rings. The third-order valence-electron chi connectivity index (χ3n) is 4.15. The molecule has 0 radical (unpaired) electrons. The number of nitrogens with one attached hydrogen (secondary N) is 1. The molecular weight excluding hydrogens is 264 g/mol. The second-order valence-electron chi connectivity index (χ2n) is 5.37. The van der Waals surface area contributed by atoms with Crippen LogP contribution in [0.5, 0.6) is 0 Å². The Morgan fingerprint density at radius 3 is 2.76 bits per heavy atom. The van der Waals surface area contributed by atoms with E-state index in [1.165, 1.54) is 5.69 Å². The summed E-state index contributed by atoms with van der Waals surface area (Å²) in [5, 5.41) is 3.32. The zero-order valence-corrected chi connectivity index (χ0v) is 12.1. The van der Waals surface area contributed by atoms with E-state index in [0.29, 0.717) is 18.5 Å². The number of nitrogens with zero attached hydrogens (tertiary/aromatic N) is 3. The van der Waals surface area contributed by atoms with Crippen LogP contribution in [0.3, 0.4) is 0 Å². The van der Waals surface area contributed by atoms with Crippen molar-refractivity contribution in [2.24, 2.45) is 0 Å². The fraction of sp³-hybridized carbons (Fsp3) is 0.250. The van der Waals surface area contributed by atoms with Crippen molar-refractivity contribution in [1.29, 1.82) is 0 Å². The van der Waals surface area contributed by atoms with Crippen LogP contribution in [0.1, 0.15) is 40.9 Å². The summed E-state index contributed by atoms with van der Waals surface area (Å²) < 4.78 is 4.14. The summed E-state index contributed by atoms with van der Waals surface area (Å²) in [6, 6.07) is 8.15. The maximum atomic E-state index is 12.1. The number of para-hydroxylation sites is 2.